The van der Waals surface area contributed by atoms with E-state index in [0.29, 0.717) is 12.2 Å². The minimum absolute atomic E-state index is 0.00204. The Morgan fingerprint density at radius 2 is 2.17 bits per heavy atom. The molecule has 1 aliphatic rings. The Hall–Kier alpha value is -1.46. The van der Waals surface area contributed by atoms with E-state index in [1.54, 1.807) is 6.92 Å². The Labute approximate surface area is 104 Å². The van der Waals surface area contributed by atoms with Gasteiger partial charge in [-0.05, 0) is 26.3 Å². The van der Waals surface area contributed by atoms with Crippen LogP contribution in [0, 0.1) is 6.92 Å². The van der Waals surface area contributed by atoms with Crippen molar-refractivity contribution in [3.63, 3.8) is 0 Å². The average molecular weight is 259 g/mol. The summed E-state index contributed by atoms with van der Waals surface area (Å²) in [5.74, 6) is 0. The van der Waals surface area contributed by atoms with Gasteiger partial charge < -0.3 is 4.90 Å². The lowest BCUT2D eigenvalue weighted by Gasteiger charge is -2.18. The van der Waals surface area contributed by atoms with Crippen LogP contribution < -0.4 is 0 Å². The van der Waals surface area contributed by atoms with Gasteiger partial charge in [-0.3, -0.25) is 4.68 Å². The van der Waals surface area contributed by atoms with Gasteiger partial charge in [0.2, 0.25) is 0 Å². The van der Waals surface area contributed by atoms with E-state index in [1.807, 2.05) is 6.92 Å². The molecule has 1 aromatic heterocycles. The van der Waals surface area contributed by atoms with Crippen molar-refractivity contribution in [2.24, 2.45) is 0 Å². The number of likely N-dealkylation sites (tertiary alicyclic amines) is 1. The summed E-state index contributed by atoms with van der Waals surface area (Å²) in [5.41, 5.74) is 0.683. The van der Waals surface area contributed by atoms with Crippen LogP contribution in [0.4, 0.5) is 13.2 Å². The van der Waals surface area contributed by atoms with Crippen LogP contribution in [0.1, 0.15) is 30.8 Å². The highest BCUT2D eigenvalue weighted by Crippen LogP contribution is 2.31. The number of halogens is 3. The predicted octanol–water partition coefficient (Wildman–Crippen LogP) is 2.99. The van der Waals surface area contributed by atoms with E-state index in [0.717, 1.165) is 24.7 Å². The number of hydrogen-bond acceptors (Lipinski definition) is 2. The molecule has 3 nitrogen and oxygen atoms in total. The first-order chi connectivity index (χ1) is 8.29. The minimum atomic E-state index is -4.37. The fraction of sp³-hybridized carbons (Fsp3) is 0.583. The molecule has 0 bridgehead atoms. The highest BCUT2D eigenvalue weighted by molar-refractivity contribution is 5.13. The molecule has 18 heavy (non-hydrogen) atoms. The Bertz CT molecular complexity index is 462. The van der Waals surface area contributed by atoms with E-state index in [-0.39, 0.29) is 6.04 Å². The van der Waals surface area contributed by atoms with Crippen molar-refractivity contribution >= 4 is 0 Å². The van der Waals surface area contributed by atoms with Gasteiger partial charge >= 0.3 is 6.18 Å². The van der Waals surface area contributed by atoms with Crippen molar-refractivity contribution in [1.29, 1.82) is 0 Å². The normalized spacial score (nSPS) is 20.5. The van der Waals surface area contributed by atoms with E-state index < -0.39 is 11.9 Å². The van der Waals surface area contributed by atoms with Gasteiger partial charge in [0.25, 0.3) is 0 Å². The highest BCUT2D eigenvalue weighted by atomic mass is 19.4. The van der Waals surface area contributed by atoms with Crippen LogP contribution in [0.15, 0.2) is 18.3 Å². The standard InChI is InChI=1S/C12H16F3N3/c1-8(2)17-5-4-10(7-17)18-9(3)6-11(16-18)12(13,14)15/h6,10H,1,4-5,7H2,2-3H3. The summed E-state index contributed by atoms with van der Waals surface area (Å²) in [4.78, 5) is 2.07. The number of aromatic nitrogens is 2. The largest absolute Gasteiger partial charge is 0.435 e. The van der Waals surface area contributed by atoms with Crippen LogP contribution in [-0.4, -0.2) is 27.8 Å². The molecule has 0 saturated carbocycles. The van der Waals surface area contributed by atoms with Gasteiger partial charge in [-0.25, -0.2) is 0 Å². The smallest absolute Gasteiger partial charge is 0.373 e. The zero-order chi connectivity index (χ0) is 13.5. The van der Waals surface area contributed by atoms with E-state index >= 15 is 0 Å². The monoisotopic (exact) mass is 259 g/mol. The maximum atomic E-state index is 12.6. The quantitative estimate of drug-likeness (QED) is 0.814. The maximum Gasteiger partial charge on any atom is 0.435 e. The summed E-state index contributed by atoms with van der Waals surface area (Å²) in [6.07, 6.45) is -3.57. The Morgan fingerprint density at radius 1 is 1.50 bits per heavy atom. The summed E-state index contributed by atoms with van der Waals surface area (Å²) < 4.78 is 39.2. The molecule has 0 amide bonds. The van der Waals surface area contributed by atoms with E-state index in [2.05, 4.69) is 16.6 Å². The van der Waals surface area contributed by atoms with Crippen molar-refractivity contribution in [3.8, 4) is 0 Å². The lowest BCUT2D eigenvalue weighted by Crippen LogP contribution is -2.20. The molecule has 0 spiro atoms. The van der Waals surface area contributed by atoms with Gasteiger partial charge in [0.05, 0.1) is 6.04 Å². The van der Waals surface area contributed by atoms with Crippen LogP contribution >= 0.6 is 0 Å². The Balaban J connectivity index is 2.20. The van der Waals surface area contributed by atoms with Crippen molar-refractivity contribution in [1.82, 2.24) is 14.7 Å². The molecule has 0 N–H and O–H groups in total. The van der Waals surface area contributed by atoms with Crippen LogP contribution in [0.5, 0.6) is 0 Å². The van der Waals surface area contributed by atoms with Crippen LogP contribution in [0.25, 0.3) is 0 Å². The van der Waals surface area contributed by atoms with E-state index in [4.69, 9.17) is 0 Å². The molecule has 1 unspecified atom stereocenters. The van der Waals surface area contributed by atoms with Gasteiger partial charge in [-0.2, -0.15) is 18.3 Å². The number of allylic oxidation sites excluding steroid dienone is 1. The van der Waals surface area contributed by atoms with E-state index in [9.17, 15) is 13.2 Å². The van der Waals surface area contributed by atoms with Gasteiger partial charge in [-0.15, -0.1) is 0 Å². The molecule has 1 aliphatic heterocycles. The fourth-order valence-electron chi connectivity index (χ4n) is 2.28. The molecular formula is C12H16F3N3. The average Bonchev–Trinajstić information content (AvgIpc) is 2.81. The molecule has 0 radical (unpaired) electrons. The summed E-state index contributed by atoms with van der Waals surface area (Å²) in [7, 11) is 0. The first kappa shape index (κ1) is 13.0. The molecule has 1 atom stereocenters. The molecular weight excluding hydrogens is 243 g/mol. The maximum absolute atomic E-state index is 12.6. The molecule has 1 aromatic rings. The van der Waals surface area contributed by atoms with Gasteiger partial charge in [-0.1, -0.05) is 6.58 Å². The molecule has 6 heteroatoms. The number of alkyl halides is 3. The van der Waals surface area contributed by atoms with Crippen molar-refractivity contribution in [3.05, 3.63) is 29.7 Å². The van der Waals surface area contributed by atoms with Gasteiger partial charge in [0, 0.05) is 24.5 Å². The lowest BCUT2D eigenvalue weighted by atomic mass is 10.2. The zero-order valence-corrected chi connectivity index (χ0v) is 10.5. The van der Waals surface area contributed by atoms with Crippen LogP contribution in [0.2, 0.25) is 0 Å². The molecule has 100 valence electrons. The second kappa shape index (κ2) is 4.33. The zero-order valence-electron chi connectivity index (χ0n) is 10.5. The topological polar surface area (TPSA) is 21.1 Å². The number of rotatable bonds is 2. The predicted molar refractivity (Wildman–Crippen MR) is 62.0 cm³/mol. The highest BCUT2D eigenvalue weighted by Gasteiger charge is 2.36. The molecule has 1 saturated heterocycles. The second-order valence-electron chi connectivity index (χ2n) is 4.74. The third kappa shape index (κ3) is 2.37. The summed E-state index contributed by atoms with van der Waals surface area (Å²) in [6.45, 7) is 8.90. The molecule has 0 aromatic carbocycles. The molecule has 2 rings (SSSR count). The number of hydrogen-bond donors (Lipinski definition) is 0. The van der Waals surface area contributed by atoms with Crippen molar-refractivity contribution < 1.29 is 13.2 Å². The van der Waals surface area contributed by atoms with E-state index in [1.165, 1.54) is 4.68 Å². The molecule has 0 aliphatic carbocycles. The Morgan fingerprint density at radius 3 is 2.61 bits per heavy atom. The van der Waals surface area contributed by atoms with Gasteiger partial charge in [0.1, 0.15) is 0 Å². The molecule has 1 fully saturated rings. The Kier molecular flexibility index (Phi) is 3.12. The second-order valence-corrected chi connectivity index (χ2v) is 4.74. The minimum Gasteiger partial charge on any atom is -0.373 e. The van der Waals surface area contributed by atoms with Crippen LogP contribution in [-0.2, 0) is 6.18 Å². The number of nitrogens with zero attached hydrogens (tertiary/aromatic N) is 3. The first-order valence-electron chi connectivity index (χ1n) is 5.83. The molecule has 2 heterocycles. The van der Waals surface area contributed by atoms with Crippen LogP contribution in [0.3, 0.4) is 0 Å². The SMILES string of the molecule is C=C(C)N1CCC(n2nc(C(F)(F)F)cc2C)C1. The third-order valence-corrected chi connectivity index (χ3v) is 3.26. The van der Waals surface area contributed by atoms with Crippen molar-refractivity contribution in [2.45, 2.75) is 32.5 Å². The summed E-state index contributed by atoms with van der Waals surface area (Å²) >= 11 is 0. The first-order valence-corrected chi connectivity index (χ1v) is 5.83. The summed E-state index contributed by atoms with van der Waals surface area (Å²) in [6, 6.07) is 1.10. The lowest BCUT2D eigenvalue weighted by molar-refractivity contribution is -0.141. The van der Waals surface area contributed by atoms with Crippen molar-refractivity contribution in [2.75, 3.05) is 13.1 Å². The fourth-order valence-corrected chi connectivity index (χ4v) is 2.28. The van der Waals surface area contributed by atoms with Gasteiger partial charge in [0.15, 0.2) is 5.69 Å². The summed E-state index contributed by atoms with van der Waals surface area (Å²) in [5, 5.41) is 3.69. The number of aryl methyl sites for hydroxylation is 1. The third-order valence-electron chi connectivity index (χ3n) is 3.26.